The number of hydrogen-bond acceptors (Lipinski definition) is 7. The molecule has 8 nitrogen and oxygen atoms in total. The van der Waals surface area contributed by atoms with E-state index >= 15 is 0 Å². The van der Waals surface area contributed by atoms with E-state index in [4.69, 9.17) is 18.4 Å². The van der Waals surface area contributed by atoms with Crippen molar-refractivity contribution in [2.24, 2.45) is 0 Å². The first-order valence-electron chi connectivity index (χ1n) is 9.58. The highest BCUT2D eigenvalue weighted by atomic mass is 16.7. The van der Waals surface area contributed by atoms with Gasteiger partial charge >= 0.3 is 0 Å². The molecule has 1 amide bonds. The zero-order chi connectivity index (χ0) is 21.0. The standard InChI is InChI=1S/C23H17N3O5/c27-21(10-8-15-7-9-18-20(12-15)30-14-29-18)24-17-5-2-1-4-16(17)13-22-25-23(26-31-22)19-6-3-11-28-19/h1-12H,13-14H2,(H,24,27). The van der Waals surface area contributed by atoms with E-state index < -0.39 is 0 Å². The van der Waals surface area contributed by atoms with Crippen LogP contribution in [-0.2, 0) is 11.2 Å². The van der Waals surface area contributed by atoms with Crippen LogP contribution in [-0.4, -0.2) is 22.8 Å². The smallest absolute Gasteiger partial charge is 0.248 e. The second-order valence-corrected chi connectivity index (χ2v) is 6.76. The van der Waals surface area contributed by atoms with Gasteiger partial charge in [-0.25, -0.2) is 0 Å². The number of nitrogens with one attached hydrogen (secondary N) is 1. The molecule has 3 heterocycles. The minimum Gasteiger partial charge on any atom is -0.461 e. The number of benzene rings is 2. The van der Waals surface area contributed by atoms with Crippen LogP contribution >= 0.6 is 0 Å². The van der Waals surface area contributed by atoms with E-state index in [1.807, 2.05) is 42.5 Å². The van der Waals surface area contributed by atoms with Gasteiger partial charge in [0.15, 0.2) is 17.3 Å². The third-order valence-corrected chi connectivity index (χ3v) is 4.65. The number of fused-ring (bicyclic) bond motifs is 1. The normalized spacial score (nSPS) is 12.4. The zero-order valence-electron chi connectivity index (χ0n) is 16.3. The molecule has 8 heteroatoms. The second-order valence-electron chi connectivity index (χ2n) is 6.76. The maximum absolute atomic E-state index is 12.5. The van der Waals surface area contributed by atoms with Crippen molar-refractivity contribution >= 4 is 17.7 Å². The van der Waals surface area contributed by atoms with Crippen LogP contribution in [0.1, 0.15) is 17.0 Å². The molecule has 1 aliphatic heterocycles. The van der Waals surface area contributed by atoms with E-state index in [2.05, 4.69) is 15.5 Å². The van der Waals surface area contributed by atoms with Crippen molar-refractivity contribution < 1.29 is 23.2 Å². The van der Waals surface area contributed by atoms with Gasteiger partial charge in [0.2, 0.25) is 24.4 Å². The summed E-state index contributed by atoms with van der Waals surface area (Å²) in [6.07, 6.45) is 5.10. The lowest BCUT2D eigenvalue weighted by molar-refractivity contribution is -0.111. The van der Waals surface area contributed by atoms with Crippen LogP contribution in [0.3, 0.4) is 0 Å². The molecule has 4 aromatic rings. The van der Waals surface area contributed by atoms with Gasteiger partial charge in [-0.3, -0.25) is 4.79 Å². The lowest BCUT2D eigenvalue weighted by atomic mass is 10.1. The molecule has 2 aromatic carbocycles. The lowest BCUT2D eigenvalue weighted by Gasteiger charge is -2.08. The minimum atomic E-state index is -0.257. The van der Waals surface area contributed by atoms with Crippen LogP contribution in [0.4, 0.5) is 5.69 Å². The highest BCUT2D eigenvalue weighted by Crippen LogP contribution is 2.32. The molecule has 0 radical (unpaired) electrons. The fourth-order valence-corrected chi connectivity index (χ4v) is 3.15. The Morgan fingerprint density at radius 1 is 1.06 bits per heavy atom. The molecule has 31 heavy (non-hydrogen) atoms. The number of nitrogens with zero attached hydrogens (tertiary/aromatic N) is 2. The summed E-state index contributed by atoms with van der Waals surface area (Å²) in [5.41, 5.74) is 2.35. The summed E-state index contributed by atoms with van der Waals surface area (Å²) in [7, 11) is 0. The van der Waals surface area contributed by atoms with E-state index in [9.17, 15) is 4.79 Å². The zero-order valence-corrected chi connectivity index (χ0v) is 16.3. The van der Waals surface area contributed by atoms with E-state index in [0.717, 1.165) is 11.1 Å². The summed E-state index contributed by atoms with van der Waals surface area (Å²) in [5, 5.41) is 6.83. The lowest BCUT2D eigenvalue weighted by Crippen LogP contribution is -2.10. The van der Waals surface area contributed by atoms with Crippen molar-refractivity contribution in [2.75, 3.05) is 12.1 Å². The van der Waals surface area contributed by atoms with Crippen LogP contribution in [0.2, 0.25) is 0 Å². The molecule has 0 aliphatic carbocycles. The van der Waals surface area contributed by atoms with Gasteiger partial charge in [0.1, 0.15) is 0 Å². The number of aromatic nitrogens is 2. The number of furan rings is 1. The summed E-state index contributed by atoms with van der Waals surface area (Å²) in [5.74, 6) is 2.45. The van der Waals surface area contributed by atoms with Crippen molar-refractivity contribution in [3.8, 4) is 23.1 Å². The molecule has 1 N–H and O–H groups in total. The fraction of sp³-hybridized carbons (Fsp3) is 0.0870. The monoisotopic (exact) mass is 415 g/mol. The minimum absolute atomic E-state index is 0.211. The molecular formula is C23H17N3O5. The van der Waals surface area contributed by atoms with Crippen molar-refractivity contribution in [3.63, 3.8) is 0 Å². The average molecular weight is 415 g/mol. The van der Waals surface area contributed by atoms with Gasteiger partial charge in [-0.2, -0.15) is 4.98 Å². The second kappa shape index (κ2) is 8.19. The first-order chi connectivity index (χ1) is 15.2. The predicted octanol–water partition coefficient (Wildman–Crippen LogP) is 4.30. The molecule has 0 spiro atoms. The maximum atomic E-state index is 12.5. The number of rotatable bonds is 6. The van der Waals surface area contributed by atoms with Crippen molar-refractivity contribution in [2.45, 2.75) is 6.42 Å². The molecule has 0 unspecified atom stereocenters. The van der Waals surface area contributed by atoms with Crippen LogP contribution < -0.4 is 14.8 Å². The molecule has 0 bridgehead atoms. The number of ether oxygens (including phenoxy) is 2. The Morgan fingerprint density at radius 2 is 1.97 bits per heavy atom. The number of hydrogen-bond donors (Lipinski definition) is 1. The maximum Gasteiger partial charge on any atom is 0.248 e. The summed E-state index contributed by atoms with van der Waals surface area (Å²) in [6.45, 7) is 0.211. The Hall–Kier alpha value is -4.33. The Balaban J connectivity index is 1.27. The molecule has 154 valence electrons. The van der Waals surface area contributed by atoms with Crippen LogP contribution in [0.25, 0.3) is 17.7 Å². The first kappa shape index (κ1) is 18.7. The highest BCUT2D eigenvalue weighted by Gasteiger charge is 2.14. The number of anilines is 1. The van der Waals surface area contributed by atoms with Gasteiger partial charge in [-0.1, -0.05) is 29.4 Å². The van der Waals surface area contributed by atoms with E-state index in [1.54, 1.807) is 24.5 Å². The largest absolute Gasteiger partial charge is 0.461 e. The molecule has 0 fully saturated rings. The summed E-state index contributed by atoms with van der Waals surface area (Å²) < 4.78 is 21.3. The quantitative estimate of drug-likeness (QED) is 0.469. The van der Waals surface area contributed by atoms with E-state index in [0.29, 0.717) is 41.1 Å². The Bertz CT molecular complexity index is 1240. The summed E-state index contributed by atoms with van der Waals surface area (Å²) >= 11 is 0. The molecule has 0 saturated heterocycles. The number of carbonyl (C=O) groups excluding carboxylic acids is 1. The van der Waals surface area contributed by atoms with E-state index in [1.165, 1.54) is 6.08 Å². The Morgan fingerprint density at radius 3 is 2.87 bits per heavy atom. The van der Waals surface area contributed by atoms with Gasteiger partial charge in [0.25, 0.3) is 0 Å². The average Bonchev–Trinajstić information content (AvgIpc) is 3.54. The fourth-order valence-electron chi connectivity index (χ4n) is 3.15. The predicted molar refractivity (Wildman–Crippen MR) is 111 cm³/mol. The molecule has 2 aromatic heterocycles. The van der Waals surface area contributed by atoms with Gasteiger partial charge in [-0.05, 0) is 47.5 Å². The van der Waals surface area contributed by atoms with Gasteiger partial charge in [0.05, 0.1) is 12.7 Å². The number of para-hydroxylation sites is 1. The molecule has 5 rings (SSSR count). The topological polar surface area (TPSA) is 99.6 Å². The van der Waals surface area contributed by atoms with Crippen molar-refractivity contribution in [3.05, 3.63) is 84.0 Å². The molecule has 1 aliphatic rings. The third kappa shape index (κ3) is 4.18. The summed E-state index contributed by atoms with van der Waals surface area (Å²) in [6, 6.07) is 16.5. The number of amides is 1. The third-order valence-electron chi connectivity index (χ3n) is 4.65. The highest BCUT2D eigenvalue weighted by molar-refractivity contribution is 6.02. The molecule has 0 atom stereocenters. The SMILES string of the molecule is O=C(C=Cc1ccc2c(c1)OCO2)Nc1ccccc1Cc1nc(-c2ccco2)no1. The van der Waals surface area contributed by atoms with Gasteiger partial charge < -0.3 is 23.7 Å². The first-order valence-corrected chi connectivity index (χ1v) is 9.58. The van der Waals surface area contributed by atoms with Crippen LogP contribution in [0.15, 0.2) is 75.9 Å². The number of carbonyl (C=O) groups is 1. The van der Waals surface area contributed by atoms with Gasteiger partial charge in [0, 0.05) is 11.8 Å². The Kier molecular flexibility index (Phi) is 4.94. The van der Waals surface area contributed by atoms with Crippen LogP contribution in [0, 0.1) is 0 Å². The Labute approximate surface area is 177 Å². The summed E-state index contributed by atoms with van der Waals surface area (Å²) in [4.78, 5) is 16.8. The van der Waals surface area contributed by atoms with Gasteiger partial charge in [-0.15, -0.1) is 0 Å². The molecule has 0 saturated carbocycles. The van der Waals surface area contributed by atoms with Crippen molar-refractivity contribution in [1.82, 2.24) is 10.1 Å². The van der Waals surface area contributed by atoms with E-state index in [-0.39, 0.29) is 12.7 Å². The van der Waals surface area contributed by atoms with Crippen molar-refractivity contribution in [1.29, 1.82) is 0 Å². The molecular weight excluding hydrogens is 398 g/mol. The van der Waals surface area contributed by atoms with Crippen LogP contribution in [0.5, 0.6) is 11.5 Å².